The predicted octanol–water partition coefficient (Wildman–Crippen LogP) is 4.84. The van der Waals surface area contributed by atoms with Gasteiger partial charge in [-0.25, -0.2) is 4.39 Å². The van der Waals surface area contributed by atoms with E-state index in [0.717, 1.165) is 27.1 Å². The topological polar surface area (TPSA) is 18.5 Å². The van der Waals surface area contributed by atoms with Gasteiger partial charge in [0.1, 0.15) is 19.0 Å². The number of ether oxygens (including phenoxy) is 2. The first-order valence-electron chi connectivity index (χ1n) is 6.14. The molecule has 104 valence electrons. The smallest absolute Gasteiger partial charge is 0.161 e. The first-order chi connectivity index (χ1) is 9.65. The van der Waals surface area contributed by atoms with E-state index in [1.165, 1.54) is 12.1 Å². The number of benzene rings is 2. The average Bonchev–Trinajstić information content (AvgIpc) is 2.46. The van der Waals surface area contributed by atoms with Crippen LogP contribution in [0.2, 0.25) is 0 Å². The van der Waals surface area contributed by atoms with Gasteiger partial charge in [0.15, 0.2) is 11.5 Å². The lowest BCUT2D eigenvalue weighted by molar-refractivity contribution is 0.171. The highest BCUT2D eigenvalue weighted by atomic mass is 79.9. The molecule has 1 aliphatic heterocycles. The zero-order valence-corrected chi connectivity index (χ0v) is 13.6. The van der Waals surface area contributed by atoms with E-state index in [2.05, 4.69) is 31.9 Å². The van der Waals surface area contributed by atoms with Crippen LogP contribution in [0.3, 0.4) is 0 Å². The third-order valence-electron chi connectivity index (χ3n) is 3.09. The normalized spacial score (nSPS) is 14.9. The summed E-state index contributed by atoms with van der Waals surface area (Å²) in [6, 6.07) is 10.5. The summed E-state index contributed by atoms with van der Waals surface area (Å²) >= 11 is 7.04. The standard InChI is InChI=1S/C15H11Br2FO2/c16-12-8-10(18)2-3-11(12)15(17)9-1-4-13-14(7-9)20-6-5-19-13/h1-4,7-8,15H,5-6H2. The molecule has 1 unspecified atom stereocenters. The Labute approximate surface area is 133 Å². The highest BCUT2D eigenvalue weighted by Gasteiger charge is 2.18. The van der Waals surface area contributed by atoms with Crippen LogP contribution in [-0.2, 0) is 0 Å². The Hall–Kier alpha value is -1.07. The van der Waals surface area contributed by atoms with E-state index in [1.807, 2.05) is 18.2 Å². The minimum atomic E-state index is -0.262. The monoisotopic (exact) mass is 400 g/mol. The number of halogens is 3. The number of fused-ring (bicyclic) bond motifs is 1. The van der Waals surface area contributed by atoms with Gasteiger partial charge in [0.2, 0.25) is 0 Å². The molecule has 0 spiro atoms. The molecule has 0 aliphatic carbocycles. The van der Waals surface area contributed by atoms with Crippen molar-refractivity contribution >= 4 is 31.9 Å². The molecule has 3 rings (SSSR count). The fraction of sp³-hybridized carbons (Fsp3) is 0.200. The van der Waals surface area contributed by atoms with Gasteiger partial charge in [0, 0.05) is 4.47 Å². The van der Waals surface area contributed by atoms with E-state index in [4.69, 9.17) is 9.47 Å². The van der Waals surface area contributed by atoms with Gasteiger partial charge in [-0.1, -0.05) is 44.0 Å². The molecule has 0 radical (unpaired) electrons. The number of hydrogen-bond donors (Lipinski definition) is 0. The van der Waals surface area contributed by atoms with E-state index >= 15 is 0 Å². The van der Waals surface area contributed by atoms with Gasteiger partial charge >= 0.3 is 0 Å². The average molecular weight is 402 g/mol. The number of rotatable bonds is 2. The molecule has 0 saturated carbocycles. The summed E-state index contributed by atoms with van der Waals surface area (Å²) in [6.07, 6.45) is 0. The van der Waals surface area contributed by atoms with Gasteiger partial charge in [-0.15, -0.1) is 0 Å². The Bertz CT molecular complexity index is 646. The second-order valence-corrected chi connectivity index (χ2v) is 6.20. The molecule has 2 nitrogen and oxygen atoms in total. The lowest BCUT2D eigenvalue weighted by Crippen LogP contribution is -2.15. The van der Waals surface area contributed by atoms with E-state index < -0.39 is 0 Å². The van der Waals surface area contributed by atoms with Crippen LogP contribution in [0.1, 0.15) is 16.0 Å². The summed E-state index contributed by atoms with van der Waals surface area (Å²) in [5, 5.41) is 0. The van der Waals surface area contributed by atoms with E-state index in [9.17, 15) is 4.39 Å². The van der Waals surface area contributed by atoms with Gasteiger partial charge in [0.25, 0.3) is 0 Å². The van der Waals surface area contributed by atoms with Crippen molar-refractivity contribution in [3.05, 3.63) is 57.8 Å². The van der Waals surface area contributed by atoms with Gasteiger partial charge in [-0.2, -0.15) is 0 Å². The Morgan fingerprint density at radius 1 is 1.00 bits per heavy atom. The van der Waals surface area contributed by atoms with Gasteiger partial charge < -0.3 is 9.47 Å². The fourth-order valence-corrected chi connectivity index (χ4v) is 3.68. The molecule has 1 aliphatic rings. The summed E-state index contributed by atoms with van der Waals surface area (Å²) in [7, 11) is 0. The maximum absolute atomic E-state index is 13.2. The maximum atomic E-state index is 13.2. The van der Waals surface area contributed by atoms with Gasteiger partial charge in [0.05, 0.1) is 4.83 Å². The van der Waals surface area contributed by atoms with Crippen molar-refractivity contribution < 1.29 is 13.9 Å². The summed E-state index contributed by atoms with van der Waals surface area (Å²) in [5.41, 5.74) is 1.99. The molecule has 0 amide bonds. The number of hydrogen-bond acceptors (Lipinski definition) is 2. The molecular formula is C15H11Br2FO2. The molecule has 0 N–H and O–H groups in total. The van der Waals surface area contributed by atoms with Crippen molar-refractivity contribution in [2.45, 2.75) is 4.83 Å². The van der Waals surface area contributed by atoms with Crippen LogP contribution < -0.4 is 9.47 Å². The molecular weight excluding hydrogens is 391 g/mol. The van der Waals surface area contributed by atoms with Crippen LogP contribution in [0.15, 0.2) is 40.9 Å². The van der Waals surface area contributed by atoms with Crippen LogP contribution in [0, 0.1) is 5.82 Å². The minimum absolute atomic E-state index is 0.0479. The molecule has 1 atom stereocenters. The third kappa shape index (κ3) is 2.69. The van der Waals surface area contributed by atoms with Crippen molar-refractivity contribution in [3.8, 4) is 11.5 Å². The van der Waals surface area contributed by atoms with Crippen LogP contribution >= 0.6 is 31.9 Å². The van der Waals surface area contributed by atoms with Crippen molar-refractivity contribution in [2.24, 2.45) is 0 Å². The molecule has 1 heterocycles. The molecule has 5 heteroatoms. The van der Waals surface area contributed by atoms with Crippen LogP contribution in [0.4, 0.5) is 4.39 Å². The van der Waals surface area contributed by atoms with Crippen molar-refractivity contribution in [2.75, 3.05) is 13.2 Å². The molecule has 0 aromatic heterocycles. The second-order valence-electron chi connectivity index (χ2n) is 4.43. The molecule has 0 bridgehead atoms. The van der Waals surface area contributed by atoms with E-state index in [0.29, 0.717) is 13.2 Å². The summed E-state index contributed by atoms with van der Waals surface area (Å²) in [5.74, 6) is 1.25. The molecule has 0 fully saturated rings. The zero-order valence-electron chi connectivity index (χ0n) is 10.4. The summed E-state index contributed by atoms with van der Waals surface area (Å²) in [4.78, 5) is -0.0479. The minimum Gasteiger partial charge on any atom is -0.486 e. The Balaban J connectivity index is 1.95. The molecule has 0 saturated heterocycles. The van der Waals surface area contributed by atoms with E-state index in [-0.39, 0.29) is 10.6 Å². The highest BCUT2D eigenvalue weighted by molar-refractivity contribution is 9.11. The molecule has 2 aromatic carbocycles. The van der Waals surface area contributed by atoms with Crippen molar-refractivity contribution in [3.63, 3.8) is 0 Å². The summed E-state index contributed by atoms with van der Waals surface area (Å²) < 4.78 is 25.0. The number of alkyl halides is 1. The largest absolute Gasteiger partial charge is 0.486 e. The first-order valence-corrected chi connectivity index (χ1v) is 7.84. The van der Waals surface area contributed by atoms with E-state index in [1.54, 1.807) is 6.07 Å². The quantitative estimate of drug-likeness (QED) is 0.670. The van der Waals surface area contributed by atoms with Crippen LogP contribution in [0.25, 0.3) is 0 Å². The summed E-state index contributed by atoms with van der Waals surface area (Å²) in [6.45, 7) is 1.14. The Morgan fingerprint density at radius 2 is 1.75 bits per heavy atom. The Kier molecular flexibility index (Phi) is 3.98. The van der Waals surface area contributed by atoms with Gasteiger partial charge in [-0.05, 0) is 35.4 Å². The van der Waals surface area contributed by atoms with Crippen LogP contribution in [0.5, 0.6) is 11.5 Å². The van der Waals surface area contributed by atoms with Crippen LogP contribution in [-0.4, -0.2) is 13.2 Å². The van der Waals surface area contributed by atoms with Crippen molar-refractivity contribution in [1.29, 1.82) is 0 Å². The SMILES string of the molecule is Fc1ccc(C(Br)c2ccc3c(c2)OCCO3)c(Br)c1. The predicted molar refractivity (Wildman–Crippen MR) is 82.3 cm³/mol. The highest BCUT2D eigenvalue weighted by Crippen LogP contribution is 2.39. The van der Waals surface area contributed by atoms with Crippen molar-refractivity contribution in [1.82, 2.24) is 0 Å². The Morgan fingerprint density at radius 3 is 2.50 bits per heavy atom. The fourth-order valence-electron chi connectivity index (χ4n) is 2.10. The lowest BCUT2D eigenvalue weighted by Gasteiger charge is -2.20. The van der Waals surface area contributed by atoms with Gasteiger partial charge in [-0.3, -0.25) is 0 Å². The molecule has 2 aromatic rings. The lowest BCUT2D eigenvalue weighted by atomic mass is 10.0. The maximum Gasteiger partial charge on any atom is 0.161 e. The zero-order chi connectivity index (χ0) is 14.1. The first kappa shape index (κ1) is 13.9. The molecule has 20 heavy (non-hydrogen) atoms. The second kappa shape index (κ2) is 5.74. The third-order valence-corrected chi connectivity index (χ3v) is 4.80.